The summed E-state index contributed by atoms with van der Waals surface area (Å²) in [4.78, 5) is 31.1. The third-order valence-electron chi connectivity index (χ3n) is 4.76. The number of rotatable bonds is 5. The van der Waals surface area contributed by atoms with E-state index in [1.807, 2.05) is 10.8 Å². The average Bonchev–Trinajstić information content (AvgIpc) is 3.33. The van der Waals surface area contributed by atoms with Gasteiger partial charge in [-0.2, -0.15) is 0 Å². The van der Waals surface area contributed by atoms with E-state index in [4.69, 9.17) is 0 Å². The number of hydrogen-bond acceptors (Lipinski definition) is 7. The number of nitrogens with zero attached hydrogens (tertiary/aromatic N) is 5. The van der Waals surface area contributed by atoms with Crippen LogP contribution in [0.3, 0.4) is 0 Å². The van der Waals surface area contributed by atoms with E-state index in [-0.39, 0.29) is 23.9 Å². The Bertz CT molecular complexity index is 1080. The maximum absolute atomic E-state index is 13.3. The van der Waals surface area contributed by atoms with Gasteiger partial charge in [0.2, 0.25) is 0 Å². The molecule has 3 aromatic rings. The van der Waals surface area contributed by atoms with Gasteiger partial charge in [0.25, 0.3) is 11.8 Å². The van der Waals surface area contributed by atoms with Crippen molar-refractivity contribution in [3.63, 3.8) is 0 Å². The summed E-state index contributed by atoms with van der Waals surface area (Å²) < 4.78 is 16.1. The molecule has 0 fully saturated rings. The highest BCUT2D eigenvalue weighted by molar-refractivity contribution is 8.00. The van der Waals surface area contributed by atoms with E-state index in [2.05, 4.69) is 20.5 Å². The van der Waals surface area contributed by atoms with E-state index in [1.54, 1.807) is 16.3 Å². The molecule has 156 valence electrons. The SMILES string of the molecule is CSc1nc(C(=O)N2CCc3nnc(CNC(=O)c4cccc(F)c4)n3CC2)cs1. The van der Waals surface area contributed by atoms with E-state index >= 15 is 0 Å². The van der Waals surface area contributed by atoms with Crippen molar-refractivity contribution in [1.29, 1.82) is 0 Å². The minimum absolute atomic E-state index is 0.0915. The van der Waals surface area contributed by atoms with Gasteiger partial charge in [0.15, 0.2) is 5.82 Å². The zero-order valence-electron chi connectivity index (χ0n) is 16.2. The first kappa shape index (κ1) is 20.5. The molecule has 2 amide bonds. The third-order valence-corrected chi connectivity index (χ3v) is 6.62. The van der Waals surface area contributed by atoms with Crippen LogP contribution in [0.5, 0.6) is 0 Å². The zero-order chi connectivity index (χ0) is 21.1. The molecule has 0 bridgehead atoms. The molecule has 30 heavy (non-hydrogen) atoms. The van der Waals surface area contributed by atoms with Crippen LogP contribution in [0.2, 0.25) is 0 Å². The number of fused-ring (bicyclic) bond motifs is 1. The van der Waals surface area contributed by atoms with Crippen molar-refractivity contribution in [2.45, 2.75) is 23.8 Å². The van der Waals surface area contributed by atoms with Gasteiger partial charge in [0.1, 0.15) is 21.7 Å². The highest BCUT2D eigenvalue weighted by Crippen LogP contribution is 2.21. The molecule has 0 radical (unpaired) electrons. The molecule has 0 unspecified atom stereocenters. The molecule has 0 saturated carbocycles. The van der Waals surface area contributed by atoms with Gasteiger partial charge in [-0.05, 0) is 24.5 Å². The van der Waals surface area contributed by atoms with Gasteiger partial charge in [0, 0.05) is 37.0 Å². The van der Waals surface area contributed by atoms with Crippen molar-refractivity contribution in [3.8, 4) is 0 Å². The molecule has 0 atom stereocenters. The highest BCUT2D eigenvalue weighted by Gasteiger charge is 2.24. The molecule has 2 aromatic heterocycles. The lowest BCUT2D eigenvalue weighted by Gasteiger charge is -2.18. The summed E-state index contributed by atoms with van der Waals surface area (Å²) in [5.41, 5.74) is 0.708. The topological polar surface area (TPSA) is 93.0 Å². The monoisotopic (exact) mass is 446 g/mol. The molecular weight excluding hydrogens is 427 g/mol. The molecule has 1 aliphatic rings. The summed E-state index contributed by atoms with van der Waals surface area (Å²) >= 11 is 2.98. The Morgan fingerprint density at radius 1 is 1.27 bits per heavy atom. The smallest absolute Gasteiger partial charge is 0.273 e. The van der Waals surface area contributed by atoms with Crippen LogP contribution >= 0.6 is 23.1 Å². The predicted molar refractivity (Wildman–Crippen MR) is 111 cm³/mol. The van der Waals surface area contributed by atoms with Crippen LogP contribution in [0, 0.1) is 5.82 Å². The van der Waals surface area contributed by atoms with Gasteiger partial charge < -0.3 is 14.8 Å². The minimum Gasteiger partial charge on any atom is -0.345 e. The number of thioether (sulfide) groups is 1. The molecule has 11 heteroatoms. The molecule has 0 aliphatic carbocycles. The fraction of sp³-hybridized carbons (Fsp3) is 0.316. The Morgan fingerprint density at radius 3 is 2.90 bits per heavy atom. The first-order chi connectivity index (χ1) is 14.5. The van der Waals surface area contributed by atoms with E-state index in [1.165, 1.54) is 41.3 Å². The molecule has 4 rings (SSSR count). The van der Waals surface area contributed by atoms with Crippen LogP contribution < -0.4 is 5.32 Å². The van der Waals surface area contributed by atoms with Crippen LogP contribution in [0.4, 0.5) is 4.39 Å². The van der Waals surface area contributed by atoms with E-state index in [0.29, 0.717) is 37.6 Å². The van der Waals surface area contributed by atoms with Crippen LogP contribution in [0.25, 0.3) is 0 Å². The molecule has 8 nitrogen and oxygen atoms in total. The predicted octanol–water partition coefficient (Wildman–Crippen LogP) is 2.22. The Morgan fingerprint density at radius 2 is 2.13 bits per heavy atom. The molecule has 1 N–H and O–H groups in total. The molecular formula is C19H19FN6O2S2. The minimum atomic E-state index is -0.464. The Hall–Kier alpha value is -2.79. The lowest BCUT2D eigenvalue weighted by Crippen LogP contribution is -2.34. The molecule has 0 spiro atoms. The summed E-state index contributed by atoms with van der Waals surface area (Å²) in [6.07, 6.45) is 2.50. The fourth-order valence-electron chi connectivity index (χ4n) is 3.22. The number of halogens is 1. The first-order valence-corrected chi connectivity index (χ1v) is 11.4. The van der Waals surface area contributed by atoms with Gasteiger partial charge in [-0.15, -0.1) is 21.5 Å². The van der Waals surface area contributed by atoms with Crippen LogP contribution in [-0.4, -0.2) is 55.8 Å². The van der Waals surface area contributed by atoms with Crippen molar-refractivity contribution in [1.82, 2.24) is 30.0 Å². The summed E-state index contributed by atoms with van der Waals surface area (Å²) in [5.74, 6) is 0.427. The number of thiazole rings is 1. The van der Waals surface area contributed by atoms with Crippen LogP contribution in [-0.2, 0) is 19.5 Å². The van der Waals surface area contributed by atoms with Crippen molar-refractivity contribution < 1.29 is 14.0 Å². The maximum atomic E-state index is 13.3. The second-order valence-corrected chi connectivity index (χ2v) is 8.53. The standard InChI is InChI=1S/C19H19FN6O2S2/c1-29-19-22-14(11-30-19)18(28)25-6-5-15-23-24-16(26(15)8-7-25)10-21-17(27)12-3-2-4-13(20)9-12/h2-4,9,11H,5-8,10H2,1H3,(H,21,27). The number of nitrogens with one attached hydrogen (secondary N) is 1. The fourth-order valence-corrected chi connectivity index (χ4v) is 4.46. The Labute approximate surface area is 180 Å². The summed E-state index contributed by atoms with van der Waals surface area (Å²) in [6, 6.07) is 5.51. The number of carbonyl (C=O) groups is 2. The lowest BCUT2D eigenvalue weighted by molar-refractivity contribution is 0.0753. The lowest BCUT2D eigenvalue weighted by atomic mass is 10.2. The number of hydrogen-bond donors (Lipinski definition) is 1. The maximum Gasteiger partial charge on any atom is 0.273 e. The van der Waals surface area contributed by atoms with E-state index < -0.39 is 5.82 Å². The van der Waals surface area contributed by atoms with Gasteiger partial charge in [-0.1, -0.05) is 17.8 Å². The Kier molecular flexibility index (Phi) is 6.09. The molecule has 0 saturated heterocycles. The third kappa shape index (κ3) is 4.36. The molecule has 1 aliphatic heterocycles. The highest BCUT2D eigenvalue weighted by atomic mass is 32.2. The molecule has 3 heterocycles. The average molecular weight is 447 g/mol. The first-order valence-electron chi connectivity index (χ1n) is 9.28. The largest absolute Gasteiger partial charge is 0.345 e. The van der Waals surface area contributed by atoms with E-state index in [0.717, 1.165) is 10.2 Å². The second-order valence-electron chi connectivity index (χ2n) is 6.62. The second kappa shape index (κ2) is 8.92. The zero-order valence-corrected chi connectivity index (χ0v) is 17.8. The number of carbonyl (C=O) groups excluding carboxylic acids is 2. The quantitative estimate of drug-likeness (QED) is 0.604. The van der Waals surface area contributed by atoms with Crippen molar-refractivity contribution in [2.75, 3.05) is 19.3 Å². The van der Waals surface area contributed by atoms with Crippen molar-refractivity contribution in [2.24, 2.45) is 0 Å². The van der Waals surface area contributed by atoms with Gasteiger partial charge in [0.05, 0.1) is 6.54 Å². The van der Waals surface area contributed by atoms with Crippen molar-refractivity contribution >= 4 is 34.9 Å². The van der Waals surface area contributed by atoms with Gasteiger partial charge in [-0.25, -0.2) is 9.37 Å². The number of amides is 2. The number of aromatic nitrogens is 4. The Balaban J connectivity index is 1.40. The summed E-state index contributed by atoms with van der Waals surface area (Å²) in [5, 5.41) is 12.9. The van der Waals surface area contributed by atoms with Crippen LogP contribution in [0.15, 0.2) is 34.0 Å². The summed E-state index contributed by atoms with van der Waals surface area (Å²) in [7, 11) is 0. The summed E-state index contributed by atoms with van der Waals surface area (Å²) in [6.45, 7) is 1.72. The molecule has 1 aromatic carbocycles. The van der Waals surface area contributed by atoms with Crippen LogP contribution in [0.1, 0.15) is 32.5 Å². The van der Waals surface area contributed by atoms with Crippen molar-refractivity contribution in [3.05, 3.63) is 58.4 Å². The normalized spacial score (nSPS) is 13.6. The number of benzene rings is 1. The van der Waals surface area contributed by atoms with Gasteiger partial charge >= 0.3 is 0 Å². The van der Waals surface area contributed by atoms with Gasteiger partial charge in [-0.3, -0.25) is 9.59 Å². The van der Waals surface area contributed by atoms with E-state index in [9.17, 15) is 14.0 Å².